The predicted molar refractivity (Wildman–Crippen MR) is 110 cm³/mol. The van der Waals surface area contributed by atoms with Gasteiger partial charge in [0, 0.05) is 36.6 Å². The quantitative estimate of drug-likeness (QED) is 0.690. The average Bonchev–Trinajstić information content (AvgIpc) is 3.31. The van der Waals surface area contributed by atoms with Crippen molar-refractivity contribution >= 4 is 29.9 Å². The molecule has 28 heavy (non-hydrogen) atoms. The molecule has 2 unspecified atom stereocenters. The average molecular weight is 404 g/mol. The van der Waals surface area contributed by atoms with E-state index >= 15 is 0 Å². The lowest BCUT2D eigenvalue weighted by Crippen LogP contribution is -2.40. The van der Waals surface area contributed by atoms with E-state index in [0.29, 0.717) is 30.1 Å². The van der Waals surface area contributed by atoms with Gasteiger partial charge in [0.15, 0.2) is 0 Å². The fourth-order valence-corrected chi connectivity index (χ4v) is 4.18. The Hall–Kier alpha value is -2.38. The van der Waals surface area contributed by atoms with E-state index < -0.39 is 0 Å². The van der Waals surface area contributed by atoms with Crippen LogP contribution >= 0.6 is 12.4 Å². The van der Waals surface area contributed by atoms with Crippen LogP contribution in [0.15, 0.2) is 42.7 Å². The van der Waals surface area contributed by atoms with Gasteiger partial charge in [-0.15, -0.1) is 12.4 Å². The second-order valence-electron chi connectivity index (χ2n) is 7.50. The molecule has 1 aromatic carbocycles. The van der Waals surface area contributed by atoms with Crippen molar-refractivity contribution in [2.24, 2.45) is 5.92 Å². The predicted octanol–water partition coefficient (Wildman–Crippen LogP) is 2.27. The van der Waals surface area contributed by atoms with E-state index in [1.54, 1.807) is 10.9 Å². The molecular formula is C20H26ClN5O2. The first-order valence-electron chi connectivity index (χ1n) is 9.58. The number of hydrogen-bond donors (Lipinski definition) is 3. The lowest BCUT2D eigenvalue weighted by molar-refractivity contribution is -0.125. The molecule has 0 aliphatic carbocycles. The highest BCUT2D eigenvalue weighted by Crippen LogP contribution is 2.32. The number of nitrogens with zero attached hydrogens (tertiary/aromatic N) is 2. The van der Waals surface area contributed by atoms with Crippen LogP contribution in [0.4, 0.5) is 5.69 Å². The van der Waals surface area contributed by atoms with Gasteiger partial charge in [0.1, 0.15) is 0 Å². The van der Waals surface area contributed by atoms with Gasteiger partial charge in [0.25, 0.3) is 0 Å². The molecule has 0 radical (unpaired) electrons. The molecule has 2 aliphatic rings. The smallest absolute Gasteiger partial charge is 0.243 e. The Labute approximate surface area is 170 Å². The zero-order valence-corrected chi connectivity index (χ0v) is 16.5. The second kappa shape index (κ2) is 9.21. The number of nitrogens with one attached hydrogen (secondary N) is 3. The first-order chi connectivity index (χ1) is 13.2. The molecule has 2 amide bonds. The van der Waals surface area contributed by atoms with Crippen LogP contribution in [0.3, 0.4) is 0 Å². The third-order valence-electron chi connectivity index (χ3n) is 5.41. The molecule has 4 rings (SSSR count). The molecule has 2 aliphatic heterocycles. The molecule has 0 spiro atoms. The molecule has 3 heterocycles. The Bertz CT molecular complexity index is 781. The Kier molecular flexibility index (Phi) is 6.70. The van der Waals surface area contributed by atoms with Crippen LogP contribution in [-0.4, -0.2) is 40.2 Å². The molecule has 1 aromatic heterocycles. The van der Waals surface area contributed by atoms with Crippen molar-refractivity contribution in [2.45, 2.75) is 44.2 Å². The Morgan fingerprint density at radius 3 is 2.46 bits per heavy atom. The number of carbonyl (C=O) groups excluding carboxylic acids is 2. The van der Waals surface area contributed by atoms with Crippen molar-refractivity contribution < 1.29 is 9.59 Å². The zero-order valence-electron chi connectivity index (χ0n) is 15.6. The maximum Gasteiger partial charge on any atom is 0.243 e. The van der Waals surface area contributed by atoms with E-state index in [1.807, 2.05) is 36.5 Å². The third kappa shape index (κ3) is 5.11. The summed E-state index contributed by atoms with van der Waals surface area (Å²) in [5.74, 6) is 0.174. The van der Waals surface area contributed by atoms with E-state index in [1.165, 1.54) is 12.8 Å². The first kappa shape index (κ1) is 20.4. The molecule has 2 bridgehead atoms. The number of carbonyl (C=O) groups is 2. The summed E-state index contributed by atoms with van der Waals surface area (Å²) in [4.78, 5) is 24.2. The molecule has 3 N–H and O–H groups in total. The Morgan fingerprint density at radius 2 is 1.82 bits per heavy atom. The number of amides is 2. The van der Waals surface area contributed by atoms with Crippen molar-refractivity contribution in [3.05, 3.63) is 42.7 Å². The van der Waals surface area contributed by atoms with Gasteiger partial charge in [0.05, 0.1) is 12.2 Å². The SMILES string of the molecule is Cl.O=C(CC1CC2CCC(C1)N2)NCC(=O)Nc1ccc(-n2cccn2)cc1. The van der Waals surface area contributed by atoms with Crippen LogP contribution in [0.1, 0.15) is 32.1 Å². The van der Waals surface area contributed by atoms with Gasteiger partial charge >= 0.3 is 0 Å². The number of aromatic nitrogens is 2. The fourth-order valence-electron chi connectivity index (χ4n) is 4.18. The number of anilines is 1. The summed E-state index contributed by atoms with van der Waals surface area (Å²) < 4.78 is 1.75. The summed E-state index contributed by atoms with van der Waals surface area (Å²) >= 11 is 0. The number of benzene rings is 1. The van der Waals surface area contributed by atoms with Crippen LogP contribution in [0, 0.1) is 5.92 Å². The molecule has 2 saturated heterocycles. The van der Waals surface area contributed by atoms with Crippen molar-refractivity contribution in [3.8, 4) is 5.69 Å². The summed E-state index contributed by atoms with van der Waals surface area (Å²) in [6, 6.07) is 10.4. The number of halogens is 1. The summed E-state index contributed by atoms with van der Waals surface area (Å²) in [5.41, 5.74) is 1.61. The van der Waals surface area contributed by atoms with Gasteiger partial charge in [-0.3, -0.25) is 9.59 Å². The molecule has 0 saturated carbocycles. The number of fused-ring (bicyclic) bond motifs is 2. The van der Waals surface area contributed by atoms with Gasteiger partial charge in [-0.2, -0.15) is 5.10 Å². The minimum atomic E-state index is -0.222. The van der Waals surface area contributed by atoms with E-state index in [0.717, 1.165) is 18.5 Å². The highest BCUT2D eigenvalue weighted by Gasteiger charge is 2.34. The van der Waals surface area contributed by atoms with Crippen LogP contribution in [0.5, 0.6) is 0 Å². The summed E-state index contributed by atoms with van der Waals surface area (Å²) in [5, 5.41) is 13.3. The van der Waals surface area contributed by atoms with E-state index in [2.05, 4.69) is 21.0 Å². The maximum atomic E-state index is 12.2. The molecular weight excluding hydrogens is 378 g/mol. The van der Waals surface area contributed by atoms with Crippen LogP contribution in [0.2, 0.25) is 0 Å². The number of piperidine rings is 1. The zero-order chi connectivity index (χ0) is 18.6. The Morgan fingerprint density at radius 1 is 1.11 bits per heavy atom. The first-order valence-corrected chi connectivity index (χ1v) is 9.58. The molecule has 8 heteroatoms. The Balaban J connectivity index is 0.00000225. The molecule has 150 valence electrons. The van der Waals surface area contributed by atoms with Crippen LogP contribution < -0.4 is 16.0 Å². The summed E-state index contributed by atoms with van der Waals surface area (Å²) in [7, 11) is 0. The van der Waals surface area contributed by atoms with Crippen LogP contribution in [-0.2, 0) is 9.59 Å². The van der Waals surface area contributed by atoms with Crippen molar-refractivity contribution in [2.75, 3.05) is 11.9 Å². The molecule has 2 atom stereocenters. The normalized spacial score (nSPS) is 22.9. The van der Waals surface area contributed by atoms with Gasteiger partial charge in [0.2, 0.25) is 11.8 Å². The lowest BCUT2D eigenvalue weighted by atomic mass is 9.89. The van der Waals surface area contributed by atoms with E-state index in [4.69, 9.17) is 0 Å². The summed E-state index contributed by atoms with van der Waals surface area (Å²) in [6.07, 6.45) is 8.68. The third-order valence-corrected chi connectivity index (χ3v) is 5.41. The molecule has 2 fully saturated rings. The second-order valence-corrected chi connectivity index (χ2v) is 7.50. The van der Waals surface area contributed by atoms with Crippen molar-refractivity contribution in [1.82, 2.24) is 20.4 Å². The topological polar surface area (TPSA) is 88.0 Å². The number of hydrogen-bond acceptors (Lipinski definition) is 4. The van der Waals surface area contributed by atoms with Gasteiger partial charge in [-0.25, -0.2) is 4.68 Å². The maximum absolute atomic E-state index is 12.2. The van der Waals surface area contributed by atoms with Crippen LogP contribution in [0.25, 0.3) is 5.69 Å². The number of rotatable bonds is 6. The summed E-state index contributed by atoms with van der Waals surface area (Å²) in [6.45, 7) is -0.00241. The monoisotopic (exact) mass is 403 g/mol. The van der Waals surface area contributed by atoms with E-state index in [-0.39, 0.29) is 30.8 Å². The highest BCUT2D eigenvalue weighted by atomic mass is 35.5. The molecule has 2 aromatic rings. The van der Waals surface area contributed by atoms with Gasteiger partial charge in [-0.05, 0) is 61.9 Å². The standard InChI is InChI=1S/C20H25N5O2.ClH/c26-19(12-14-10-16-2-3-17(11-14)23-16)21-13-20(27)24-15-4-6-18(7-5-15)25-9-1-8-22-25;/h1,4-9,14,16-17,23H,2-3,10-13H2,(H,21,26)(H,24,27);1H. The highest BCUT2D eigenvalue weighted by molar-refractivity contribution is 5.94. The van der Waals surface area contributed by atoms with Gasteiger partial charge < -0.3 is 16.0 Å². The van der Waals surface area contributed by atoms with E-state index in [9.17, 15) is 9.59 Å². The lowest BCUT2D eigenvalue weighted by Gasteiger charge is -2.28. The minimum Gasteiger partial charge on any atom is -0.347 e. The fraction of sp³-hybridized carbons (Fsp3) is 0.450. The minimum absolute atomic E-state index is 0. The largest absolute Gasteiger partial charge is 0.347 e. The van der Waals surface area contributed by atoms with Crippen molar-refractivity contribution in [1.29, 1.82) is 0 Å². The van der Waals surface area contributed by atoms with Crippen molar-refractivity contribution in [3.63, 3.8) is 0 Å². The van der Waals surface area contributed by atoms with Gasteiger partial charge in [-0.1, -0.05) is 0 Å². The molecule has 7 nitrogen and oxygen atoms in total.